The highest BCUT2D eigenvalue weighted by Gasteiger charge is 2.14. The molecule has 1 aliphatic rings. The van der Waals surface area contributed by atoms with Gasteiger partial charge >= 0.3 is 0 Å². The first-order valence-corrected chi connectivity index (χ1v) is 3.85. The van der Waals surface area contributed by atoms with Crippen LogP contribution in [0.3, 0.4) is 0 Å². The van der Waals surface area contributed by atoms with E-state index in [9.17, 15) is 0 Å². The van der Waals surface area contributed by atoms with Crippen LogP contribution in [0.4, 0.5) is 0 Å². The summed E-state index contributed by atoms with van der Waals surface area (Å²) in [7, 11) is 1.52. The Bertz CT molecular complexity index is 276. The first kappa shape index (κ1) is 7.49. The van der Waals surface area contributed by atoms with E-state index in [0.29, 0.717) is 13.2 Å². The van der Waals surface area contributed by atoms with E-state index in [1.807, 2.05) is 18.2 Å². The number of hydrogen-bond donors (Lipinski definition) is 1. The zero-order chi connectivity index (χ0) is 8.39. The van der Waals surface area contributed by atoms with E-state index in [1.54, 1.807) is 0 Å². The van der Waals surface area contributed by atoms with Crippen molar-refractivity contribution in [3.05, 3.63) is 18.2 Å². The summed E-state index contributed by atoms with van der Waals surface area (Å²) in [6, 6.07) is 5.67. The third-order valence-corrected chi connectivity index (χ3v) is 1.78. The molecule has 1 aromatic carbocycles. The topological polar surface area (TPSA) is 44.5 Å². The maximum Gasteiger partial charge on any atom is 0.246 e. The Kier molecular flexibility index (Phi) is 1.92. The summed E-state index contributed by atoms with van der Waals surface area (Å²) in [5.74, 6) is 1.53. The van der Waals surface area contributed by atoms with Crippen molar-refractivity contribution in [2.45, 2.75) is 0 Å². The molecular formula is C8H9BNO2. The highest BCUT2D eigenvalue weighted by molar-refractivity contribution is 6.51. The minimum atomic E-state index is 0.595. The van der Waals surface area contributed by atoms with Crippen LogP contribution in [-0.2, 0) is 0 Å². The quantitative estimate of drug-likeness (QED) is 0.574. The molecule has 0 saturated carbocycles. The van der Waals surface area contributed by atoms with E-state index >= 15 is 0 Å². The predicted octanol–water partition coefficient (Wildman–Crippen LogP) is -0.339. The molecule has 2 rings (SSSR count). The van der Waals surface area contributed by atoms with Crippen LogP contribution in [-0.4, -0.2) is 20.6 Å². The minimum absolute atomic E-state index is 0.595. The molecule has 4 heteroatoms. The Labute approximate surface area is 71.7 Å². The van der Waals surface area contributed by atoms with Crippen molar-refractivity contribution in [1.29, 1.82) is 0 Å². The Morgan fingerprint density at radius 2 is 2.08 bits per heavy atom. The second-order valence-corrected chi connectivity index (χ2v) is 2.54. The first-order valence-electron chi connectivity index (χ1n) is 3.85. The predicted molar refractivity (Wildman–Crippen MR) is 47.0 cm³/mol. The lowest BCUT2D eigenvalue weighted by molar-refractivity contribution is 0.173. The van der Waals surface area contributed by atoms with E-state index < -0.39 is 0 Å². The van der Waals surface area contributed by atoms with Crippen LogP contribution in [0.2, 0.25) is 0 Å². The summed E-state index contributed by atoms with van der Waals surface area (Å²) in [4.78, 5) is 0. The Balaban J connectivity index is 2.44. The molecular weight excluding hydrogens is 153 g/mol. The molecule has 1 aliphatic heterocycles. The lowest BCUT2D eigenvalue weighted by atomic mass is 9.84. The average Bonchev–Trinajstić information content (AvgIpc) is 2.17. The molecule has 0 unspecified atom stereocenters. The number of hydrogen-bond acceptors (Lipinski definition) is 3. The van der Waals surface area contributed by atoms with Crippen molar-refractivity contribution in [2.24, 2.45) is 5.64 Å². The van der Waals surface area contributed by atoms with Gasteiger partial charge in [0.15, 0.2) is 11.5 Å². The standard InChI is InChI=1S/C8H9BNO2/c10-9-6-2-1-3-7-8(6)12-5-4-11-7/h1-3H,4-5,10H2. The van der Waals surface area contributed by atoms with Crippen LogP contribution in [0, 0.1) is 0 Å². The molecule has 0 aliphatic carbocycles. The molecule has 0 saturated heterocycles. The zero-order valence-electron chi connectivity index (χ0n) is 6.62. The Morgan fingerprint density at radius 3 is 2.92 bits per heavy atom. The van der Waals surface area contributed by atoms with Gasteiger partial charge in [0.2, 0.25) is 7.41 Å². The largest absolute Gasteiger partial charge is 0.487 e. The van der Waals surface area contributed by atoms with E-state index in [1.165, 1.54) is 7.41 Å². The van der Waals surface area contributed by atoms with Gasteiger partial charge < -0.3 is 15.1 Å². The van der Waals surface area contributed by atoms with Crippen LogP contribution in [0.1, 0.15) is 0 Å². The van der Waals surface area contributed by atoms with Crippen molar-refractivity contribution in [2.75, 3.05) is 13.2 Å². The second kappa shape index (κ2) is 3.07. The van der Waals surface area contributed by atoms with E-state index in [4.69, 9.17) is 15.1 Å². The maximum atomic E-state index is 5.41. The van der Waals surface area contributed by atoms with Crippen molar-refractivity contribution in [3.63, 3.8) is 0 Å². The molecule has 0 fully saturated rings. The molecule has 0 amide bonds. The van der Waals surface area contributed by atoms with Gasteiger partial charge in [-0.05, 0) is 11.5 Å². The third-order valence-electron chi connectivity index (χ3n) is 1.78. The van der Waals surface area contributed by atoms with Crippen LogP contribution in [0.25, 0.3) is 0 Å². The second-order valence-electron chi connectivity index (χ2n) is 2.54. The molecule has 0 bridgehead atoms. The number of fused-ring (bicyclic) bond motifs is 1. The van der Waals surface area contributed by atoms with Gasteiger partial charge in [0, 0.05) is 0 Å². The SMILES string of the molecule is N[B]c1cccc2c1OCCO2. The number of nitrogens with two attached hydrogens (primary N) is 1. The number of para-hydroxylation sites is 1. The molecule has 0 atom stereocenters. The number of ether oxygens (including phenoxy) is 2. The van der Waals surface area contributed by atoms with Gasteiger partial charge in [-0.25, -0.2) is 0 Å². The third kappa shape index (κ3) is 1.14. The Morgan fingerprint density at radius 1 is 1.25 bits per heavy atom. The Hall–Kier alpha value is -1.16. The van der Waals surface area contributed by atoms with E-state index in [-0.39, 0.29) is 0 Å². The molecule has 1 aromatic rings. The molecule has 2 N–H and O–H groups in total. The van der Waals surface area contributed by atoms with Gasteiger partial charge in [-0.1, -0.05) is 12.1 Å². The van der Waals surface area contributed by atoms with Crippen molar-refractivity contribution >= 4 is 12.9 Å². The normalized spacial score (nSPS) is 14.1. The molecule has 1 heterocycles. The maximum absolute atomic E-state index is 5.41. The van der Waals surface area contributed by atoms with E-state index in [0.717, 1.165) is 17.0 Å². The minimum Gasteiger partial charge on any atom is -0.487 e. The highest BCUT2D eigenvalue weighted by atomic mass is 16.6. The molecule has 61 valence electrons. The van der Waals surface area contributed by atoms with Crippen molar-refractivity contribution in [3.8, 4) is 11.5 Å². The average molecular weight is 162 g/mol. The van der Waals surface area contributed by atoms with Gasteiger partial charge in [-0.3, -0.25) is 0 Å². The summed E-state index contributed by atoms with van der Waals surface area (Å²) in [5.41, 5.74) is 6.30. The monoisotopic (exact) mass is 162 g/mol. The lowest BCUT2D eigenvalue weighted by Crippen LogP contribution is -2.28. The highest BCUT2D eigenvalue weighted by Crippen LogP contribution is 2.26. The molecule has 1 radical (unpaired) electrons. The summed E-state index contributed by atoms with van der Waals surface area (Å²) < 4.78 is 10.8. The van der Waals surface area contributed by atoms with Gasteiger partial charge in [0.05, 0.1) is 0 Å². The first-order chi connectivity index (χ1) is 5.92. The zero-order valence-corrected chi connectivity index (χ0v) is 6.62. The van der Waals surface area contributed by atoms with Gasteiger partial charge in [0.1, 0.15) is 13.2 Å². The fourth-order valence-corrected chi connectivity index (χ4v) is 1.23. The van der Waals surface area contributed by atoms with Crippen LogP contribution in [0.15, 0.2) is 18.2 Å². The van der Waals surface area contributed by atoms with Crippen LogP contribution >= 0.6 is 0 Å². The molecule has 0 spiro atoms. The fraction of sp³-hybridized carbons (Fsp3) is 0.250. The smallest absolute Gasteiger partial charge is 0.246 e. The molecule has 12 heavy (non-hydrogen) atoms. The summed E-state index contributed by atoms with van der Waals surface area (Å²) in [6.07, 6.45) is 0. The van der Waals surface area contributed by atoms with Gasteiger partial charge in [0.25, 0.3) is 0 Å². The lowest BCUT2D eigenvalue weighted by Gasteiger charge is -2.20. The molecule has 3 nitrogen and oxygen atoms in total. The van der Waals surface area contributed by atoms with Crippen molar-refractivity contribution in [1.82, 2.24) is 0 Å². The van der Waals surface area contributed by atoms with Crippen LogP contribution in [0.5, 0.6) is 11.5 Å². The summed E-state index contributed by atoms with van der Waals surface area (Å²) in [5, 5.41) is 0. The number of rotatable bonds is 1. The summed E-state index contributed by atoms with van der Waals surface area (Å²) in [6.45, 7) is 1.21. The van der Waals surface area contributed by atoms with Crippen molar-refractivity contribution < 1.29 is 9.47 Å². The van der Waals surface area contributed by atoms with E-state index in [2.05, 4.69) is 0 Å². The molecule has 0 aromatic heterocycles. The number of benzene rings is 1. The van der Waals surface area contributed by atoms with Crippen LogP contribution < -0.4 is 20.6 Å². The van der Waals surface area contributed by atoms with Gasteiger partial charge in [-0.2, -0.15) is 0 Å². The van der Waals surface area contributed by atoms with Gasteiger partial charge in [-0.15, -0.1) is 0 Å². The summed E-state index contributed by atoms with van der Waals surface area (Å²) >= 11 is 0. The fourth-order valence-electron chi connectivity index (χ4n) is 1.23.